The van der Waals surface area contributed by atoms with Crippen LogP contribution in [0.1, 0.15) is 20.2 Å². The van der Waals surface area contributed by atoms with E-state index in [1.54, 1.807) is 23.6 Å². The molecule has 5 N–H and O–H groups in total. The molecule has 1 aromatic heterocycles. The summed E-state index contributed by atoms with van der Waals surface area (Å²) in [5.74, 6) is -0.572. The van der Waals surface area contributed by atoms with Crippen molar-refractivity contribution in [2.24, 2.45) is 5.73 Å². The summed E-state index contributed by atoms with van der Waals surface area (Å²) in [6.07, 6.45) is 1.78. The Kier molecular flexibility index (Phi) is 3.92. The van der Waals surface area contributed by atoms with E-state index in [9.17, 15) is 4.79 Å². The van der Waals surface area contributed by atoms with Gasteiger partial charge in [-0.25, -0.2) is 4.98 Å². The van der Waals surface area contributed by atoms with E-state index >= 15 is 0 Å². The average Bonchev–Trinajstić information content (AvgIpc) is 2.73. The maximum atomic E-state index is 11.4. The molecule has 0 fully saturated rings. The van der Waals surface area contributed by atoms with Crippen LogP contribution in [-0.4, -0.2) is 10.9 Å². The number of nitrogens with one attached hydrogen (secondary N) is 1. The number of primary amides is 1. The first kappa shape index (κ1) is 13.6. The zero-order valence-electron chi connectivity index (χ0n) is 10.2. The predicted octanol–water partition coefficient (Wildman–Crippen LogP) is 2.40. The largest absolute Gasteiger partial charge is 0.399 e. The molecule has 1 amide bonds. The summed E-state index contributed by atoms with van der Waals surface area (Å²) in [5.41, 5.74) is 12.2. The van der Waals surface area contributed by atoms with Crippen LogP contribution >= 0.6 is 22.9 Å². The van der Waals surface area contributed by atoms with Crippen molar-refractivity contribution in [1.82, 2.24) is 4.98 Å². The minimum atomic E-state index is -0.572. The number of halogens is 1. The highest BCUT2D eigenvalue weighted by Gasteiger charge is 2.13. The van der Waals surface area contributed by atoms with Crippen molar-refractivity contribution < 1.29 is 4.79 Å². The maximum absolute atomic E-state index is 11.4. The summed E-state index contributed by atoms with van der Waals surface area (Å²) in [6.45, 7) is 2.45. The number of carbonyl (C=O) groups is 1. The lowest BCUT2D eigenvalue weighted by atomic mass is 10.1. The number of nitrogens with two attached hydrogens (primary N) is 2. The van der Waals surface area contributed by atoms with E-state index in [1.165, 1.54) is 6.07 Å². The van der Waals surface area contributed by atoms with Gasteiger partial charge in [-0.15, -0.1) is 11.3 Å². The number of thiazole rings is 1. The fourth-order valence-corrected chi connectivity index (χ4v) is 2.69. The fourth-order valence-electron chi connectivity index (χ4n) is 1.66. The molecule has 1 aromatic carbocycles. The molecule has 0 aliphatic carbocycles. The van der Waals surface area contributed by atoms with Crippen LogP contribution in [0.5, 0.6) is 0 Å². The van der Waals surface area contributed by atoms with E-state index in [2.05, 4.69) is 10.3 Å². The molecule has 0 unspecified atom stereocenters. The molecule has 0 bridgehead atoms. The lowest BCUT2D eigenvalue weighted by Crippen LogP contribution is -2.15. The topological polar surface area (TPSA) is 94.0 Å². The van der Waals surface area contributed by atoms with Crippen LogP contribution in [0.4, 0.5) is 11.4 Å². The van der Waals surface area contributed by atoms with Gasteiger partial charge >= 0.3 is 0 Å². The number of hydrogen-bond acceptors (Lipinski definition) is 5. The maximum Gasteiger partial charge on any atom is 0.250 e. The number of carbonyl (C=O) groups excluding carboxylic acids is 1. The number of amides is 1. The van der Waals surface area contributed by atoms with E-state index in [0.29, 0.717) is 22.9 Å². The van der Waals surface area contributed by atoms with E-state index in [4.69, 9.17) is 23.1 Å². The summed E-state index contributed by atoms with van der Waals surface area (Å²) in [7, 11) is 0. The van der Waals surface area contributed by atoms with Crippen LogP contribution in [0.2, 0.25) is 5.02 Å². The molecule has 0 aliphatic rings. The summed E-state index contributed by atoms with van der Waals surface area (Å²) >= 11 is 7.66. The van der Waals surface area contributed by atoms with Crippen molar-refractivity contribution in [2.45, 2.75) is 13.5 Å². The Hall–Kier alpha value is -1.79. The van der Waals surface area contributed by atoms with Gasteiger partial charge in [0.15, 0.2) is 0 Å². The van der Waals surface area contributed by atoms with Crippen molar-refractivity contribution in [1.29, 1.82) is 0 Å². The minimum Gasteiger partial charge on any atom is -0.399 e. The molecule has 0 atom stereocenters. The van der Waals surface area contributed by atoms with E-state index in [1.807, 2.05) is 6.92 Å². The van der Waals surface area contributed by atoms with Gasteiger partial charge in [0.2, 0.25) is 0 Å². The van der Waals surface area contributed by atoms with Gasteiger partial charge in [-0.05, 0) is 19.1 Å². The molecule has 1 heterocycles. The Labute approximate surface area is 119 Å². The Balaban J connectivity index is 2.26. The number of rotatable bonds is 4. The molecule has 2 aromatic rings. The van der Waals surface area contributed by atoms with Crippen molar-refractivity contribution in [3.8, 4) is 0 Å². The highest BCUT2D eigenvalue weighted by molar-refractivity contribution is 7.11. The highest BCUT2D eigenvalue weighted by atomic mass is 35.5. The predicted molar refractivity (Wildman–Crippen MR) is 78.6 cm³/mol. The summed E-state index contributed by atoms with van der Waals surface area (Å²) in [6, 6.07) is 3.09. The molecular weight excluding hydrogens is 284 g/mol. The Morgan fingerprint density at radius 2 is 2.26 bits per heavy atom. The third-order valence-corrected chi connectivity index (χ3v) is 3.70. The SMILES string of the molecule is Cc1ncc(CNc2c(Cl)cc(N)cc2C(N)=O)s1. The number of nitrogens with zero attached hydrogens (tertiary/aromatic N) is 1. The summed E-state index contributed by atoms with van der Waals surface area (Å²) < 4.78 is 0. The lowest BCUT2D eigenvalue weighted by molar-refractivity contribution is 0.100. The normalized spacial score (nSPS) is 10.4. The zero-order chi connectivity index (χ0) is 14.0. The third kappa shape index (κ3) is 3.15. The second-order valence-electron chi connectivity index (χ2n) is 3.99. The number of hydrogen-bond donors (Lipinski definition) is 3. The number of benzene rings is 1. The molecule has 5 nitrogen and oxygen atoms in total. The van der Waals surface area contributed by atoms with Gasteiger partial charge in [0.1, 0.15) is 0 Å². The molecular formula is C12H13ClN4OS. The Bertz CT molecular complexity index is 626. The second-order valence-corrected chi connectivity index (χ2v) is 5.72. The lowest BCUT2D eigenvalue weighted by Gasteiger charge is -2.12. The van der Waals surface area contributed by atoms with Crippen molar-refractivity contribution in [2.75, 3.05) is 11.1 Å². The van der Waals surface area contributed by atoms with Crippen molar-refractivity contribution >= 4 is 40.2 Å². The first-order chi connectivity index (χ1) is 8.97. The van der Waals surface area contributed by atoms with E-state index in [0.717, 1.165) is 9.88 Å². The standard InChI is InChI=1S/C12H13ClN4OS/c1-6-16-4-8(19-6)5-17-11-9(12(15)18)2-7(14)3-10(11)13/h2-4,17H,5,14H2,1H3,(H2,15,18). The van der Waals surface area contributed by atoms with Crippen LogP contribution in [0.3, 0.4) is 0 Å². The van der Waals surface area contributed by atoms with Gasteiger partial charge < -0.3 is 16.8 Å². The van der Waals surface area contributed by atoms with Gasteiger partial charge in [0, 0.05) is 16.8 Å². The minimum absolute atomic E-state index is 0.284. The smallest absolute Gasteiger partial charge is 0.250 e. The van der Waals surface area contributed by atoms with Crippen LogP contribution in [0.15, 0.2) is 18.3 Å². The van der Waals surface area contributed by atoms with Crippen molar-refractivity contribution in [3.05, 3.63) is 38.8 Å². The summed E-state index contributed by atoms with van der Waals surface area (Å²) in [4.78, 5) is 16.6. The van der Waals surface area contributed by atoms with E-state index < -0.39 is 5.91 Å². The van der Waals surface area contributed by atoms with Gasteiger partial charge in [-0.3, -0.25) is 4.79 Å². The first-order valence-electron chi connectivity index (χ1n) is 5.51. The highest BCUT2D eigenvalue weighted by Crippen LogP contribution is 2.29. The van der Waals surface area contributed by atoms with Gasteiger partial charge in [-0.2, -0.15) is 0 Å². The van der Waals surface area contributed by atoms with Crippen LogP contribution in [0, 0.1) is 6.92 Å². The number of anilines is 2. The quantitative estimate of drug-likeness (QED) is 0.755. The van der Waals surface area contributed by atoms with Gasteiger partial charge in [0.05, 0.1) is 27.8 Å². The molecule has 0 saturated heterocycles. The Morgan fingerprint density at radius 3 is 2.84 bits per heavy atom. The van der Waals surface area contributed by atoms with Crippen LogP contribution < -0.4 is 16.8 Å². The fraction of sp³-hybridized carbons (Fsp3) is 0.167. The van der Waals surface area contributed by atoms with Gasteiger partial charge in [0.25, 0.3) is 5.91 Å². The monoisotopic (exact) mass is 296 g/mol. The molecule has 7 heteroatoms. The first-order valence-corrected chi connectivity index (χ1v) is 6.71. The molecule has 0 spiro atoms. The molecule has 0 aliphatic heterocycles. The molecule has 0 saturated carbocycles. The Morgan fingerprint density at radius 1 is 1.53 bits per heavy atom. The number of aromatic nitrogens is 1. The van der Waals surface area contributed by atoms with Crippen LogP contribution in [0.25, 0.3) is 0 Å². The van der Waals surface area contributed by atoms with Crippen molar-refractivity contribution in [3.63, 3.8) is 0 Å². The van der Waals surface area contributed by atoms with E-state index in [-0.39, 0.29) is 5.56 Å². The summed E-state index contributed by atoms with van der Waals surface area (Å²) in [5, 5.41) is 4.45. The molecule has 19 heavy (non-hydrogen) atoms. The molecule has 100 valence electrons. The number of nitrogen functional groups attached to an aromatic ring is 1. The third-order valence-electron chi connectivity index (χ3n) is 2.49. The second kappa shape index (κ2) is 5.46. The van der Waals surface area contributed by atoms with Gasteiger partial charge in [-0.1, -0.05) is 11.6 Å². The average molecular weight is 297 g/mol. The molecule has 0 radical (unpaired) electrons. The van der Waals surface area contributed by atoms with Crippen LogP contribution in [-0.2, 0) is 6.54 Å². The zero-order valence-corrected chi connectivity index (χ0v) is 11.8. The molecule has 2 rings (SSSR count). The number of aryl methyl sites for hydroxylation is 1.